The maximum Gasteiger partial charge on any atom is 0.416 e. The zero-order chi connectivity index (χ0) is 14.6. The van der Waals surface area contributed by atoms with Gasteiger partial charge in [-0.25, -0.2) is 4.98 Å². The molecule has 3 nitrogen and oxygen atoms in total. The van der Waals surface area contributed by atoms with E-state index in [-0.39, 0.29) is 6.04 Å². The fourth-order valence-corrected chi connectivity index (χ4v) is 2.00. The number of imidazole rings is 1. The van der Waals surface area contributed by atoms with Gasteiger partial charge in [0.25, 0.3) is 0 Å². The number of nitrogens with one attached hydrogen (secondary N) is 2. The lowest BCUT2D eigenvalue weighted by Crippen LogP contribution is -2.21. The molecule has 0 aliphatic carbocycles. The summed E-state index contributed by atoms with van der Waals surface area (Å²) in [6, 6.07) is 5.35. The first-order chi connectivity index (χ1) is 9.50. The molecule has 0 fully saturated rings. The molecular formula is C14H16F3N3. The highest BCUT2D eigenvalue weighted by Gasteiger charge is 2.30. The van der Waals surface area contributed by atoms with Gasteiger partial charge in [0, 0.05) is 18.9 Å². The molecule has 2 aromatic rings. The van der Waals surface area contributed by atoms with Crippen LogP contribution in [0, 0.1) is 0 Å². The molecule has 1 atom stereocenters. The quantitative estimate of drug-likeness (QED) is 0.879. The lowest BCUT2D eigenvalue weighted by Gasteiger charge is -2.15. The van der Waals surface area contributed by atoms with Crippen LogP contribution in [0.1, 0.15) is 36.3 Å². The van der Waals surface area contributed by atoms with E-state index in [1.165, 1.54) is 12.1 Å². The van der Waals surface area contributed by atoms with Crippen LogP contribution < -0.4 is 5.32 Å². The number of aromatic amines is 1. The Balaban J connectivity index is 2.03. The van der Waals surface area contributed by atoms with Crippen LogP contribution in [0.2, 0.25) is 0 Å². The van der Waals surface area contributed by atoms with Crippen molar-refractivity contribution in [3.8, 4) is 0 Å². The van der Waals surface area contributed by atoms with Crippen molar-refractivity contribution in [1.82, 2.24) is 15.3 Å². The number of aromatic nitrogens is 2. The lowest BCUT2D eigenvalue weighted by molar-refractivity contribution is -0.137. The van der Waals surface area contributed by atoms with Crippen LogP contribution in [0.5, 0.6) is 0 Å². The van der Waals surface area contributed by atoms with Crippen LogP contribution in [-0.2, 0) is 12.7 Å². The van der Waals surface area contributed by atoms with Crippen LogP contribution in [-0.4, -0.2) is 9.97 Å². The minimum Gasteiger partial charge on any atom is -0.347 e. The number of nitrogens with zero attached hydrogens (tertiary/aromatic N) is 1. The van der Waals surface area contributed by atoms with Crippen molar-refractivity contribution in [2.24, 2.45) is 0 Å². The summed E-state index contributed by atoms with van der Waals surface area (Å²) in [5.74, 6) is 0.791. The van der Waals surface area contributed by atoms with Crippen molar-refractivity contribution in [2.75, 3.05) is 0 Å². The largest absolute Gasteiger partial charge is 0.416 e. The van der Waals surface area contributed by atoms with E-state index in [4.69, 9.17) is 0 Å². The molecule has 2 N–H and O–H groups in total. The average Bonchev–Trinajstić information content (AvgIpc) is 2.93. The van der Waals surface area contributed by atoms with Crippen molar-refractivity contribution >= 4 is 0 Å². The van der Waals surface area contributed by atoms with Gasteiger partial charge in [-0.15, -0.1) is 0 Å². The van der Waals surface area contributed by atoms with Crippen molar-refractivity contribution in [3.05, 3.63) is 53.6 Å². The Labute approximate surface area is 115 Å². The van der Waals surface area contributed by atoms with Gasteiger partial charge in [0.15, 0.2) is 0 Å². The van der Waals surface area contributed by atoms with Crippen molar-refractivity contribution in [3.63, 3.8) is 0 Å². The zero-order valence-corrected chi connectivity index (χ0v) is 11.0. The van der Waals surface area contributed by atoms with E-state index >= 15 is 0 Å². The van der Waals surface area contributed by atoms with E-state index in [1.807, 2.05) is 6.92 Å². The predicted molar refractivity (Wildman–Crippen MR) is 69.9 cm³/mol. The Morgan fingerprint density at radius 3 is 2.75 bits per heavy atom. The lowest BCUT2D eigenvalue weighted by atomic mass is 10.1. The maximum absolute atomic E-state index is 12.6. The maximum atomic E-state index is 12.6. The number of alkyl halides is 3. The van der Waals surface area contributed by atoms with Gasteiger partial charge < -0.3 is 10.3 Å². The van der Waals surface area contributed by atoms with E-state index in [0.717, 1.165) is 18.3 Å². The van der Waals surface area contributed by atoms with Gasteiger partial charge in [0.05, 0.1) is 11.6 Å². The molecule has 0 saturated heterocycles. The second-order valence-electron chi connectivity index (χ2n) is 4.51. The van der Waals surface area contributed by atoms with Gasteiger partial charge in [0.1, 0.15) is 5.82 Å². The second-order valence-corrected chi connectivity index (χ2v) is 4.51. The minimum absolute atomic E-state index is 0.000423. The highest BCUT2D eigenvalue weighted by atomic mass is 19.4. The predicted octanol–water partition coefficient (Wildman–Crippen LogP) is 3.67. The molecule has 0 bridgehead atoms. The molecule has 0 spiro atoms. The summed E-state index contributed by atoms with van der Waals surface area (Å²) in [4.78, 5) is 7.16. The standard InChI is InChI=1S/C14H16F3N3/c1-2-12(13-18-6-7-19-13)20-9-10-4-3-5-11(8-10)14(15,16)17/h3-8,12,20H,2,9H2,1H3,(H,18,19). The minimum atomic E-state index is -4.30. The summed E-state index contributed by atoms with van der Waals surface area (Å²) >= 11 is 0. The van der Waals surface area contributed by atoms with Gasteiger partial charge in [-0.3, -0.25) is 0 Å². The summed E-state index contributed by atoms with van der Waals surface area (Å²) in [5, 5.41) is 3.21. The molecule has 1 aromatic carbocycles. The molecular weight excluding hydrogens is 267 g/mol. The van der Waals surface area contributed by atoms with Gasteiger partial charge in [0.2, 0.25) is 0 Å². The molecule has 2 rings (SSSR count). The molecule has 0 radical (unpaired) electrons. The summed E-state index contributed by atoms with van der Waals surface area (Å²) in [6.07, 6.45) is -0.123. The highest BCUT2D eigenvalue weighted by molar-refractivity contribution is 5.25. The van der Waals surface area contributed by atoms with Gasteiger partial charge in [-0.2, -0.15) is 13.2 Å². The van der Waals surface area contributed by atoms with Crippen LogP contribution in [0.4, 0.5) is 13.2 Å². The average molecular weight is 283 g/mol. The number of benzene rings is 1. The number of halogens is 3. The van der Waals surface area contributed by atoms with Gasteiger partial charge in [-0.05, 0) is 18.1 Å². The van der Waals surface area contributed by atoms with Gasteiger partial charge >= 0.3 is 6.18 Å². The van der Waals surface area contributed by atoms with Crippen LogP contribution in [0.3, 0.4) is 0 Å². The third kappa shape index (κ3) is 3.60. The second kappa shape index (κ2) is 6.09. The van der Waals surface area contributed by atoms with E-state index in [0.29, 0.717) is 12.1 Å². The SMILES string of the molecule is CCC(NCc1cccc(C(F)(F)F)c1)c1ncc[nH]1. The number of hydrogen-bond acceptors (Lipinski definition) is 2. The third-order valence-corrected chi connectivity index (χ3v) is 3.06. The summed E-state index contributed by atoms with van der Waals surface area (Å²) in [6.45, 7) is 2.36. The van der Waals surface area contributed by atoms with E-state index < -0.39 is 11.7 Å². The molecule has 20 heavy (non-hydrogen) atoms. The summed E-state index contributed by atoms with van der Waals surface area (Å²) in [7, 11) is 0. The van der Waals surface area contributed by atoms with E-state index in [1.54, 1.807) is 18.5 Å². The molecule has 6 heteroatoms. The van der Waals surface area contributed by atoms with Crippen LogP contribution in [0.15, 0.2) is 36.7 Å². The Hall–Kier alpha value is -1.82. The van der Waals surface area contributed by atoms with E-state index in [9.17, 15) is 13.2 Å². The molecule has 1 heterocycles. The zero-order valence-electron chi connectivity index (χ0n) is 11.0. The highest BCUT2D eigenvalue weighted by Crippen LogP contribution is 2.29. The summed E-state index contributed by atoms with van der Waals surface area (Å²) < 4.78 is 37.9. The van der Waals surface area contributed by atoms with E-state index in [2.05, 4.69) is 15.3 Å². The Morgan fingerprint density at radius 2 is 2.15 bits per heavy atom. The van der Waals surface area contributed by atoms with Crippen molar-refractivity contribution < 1.29 is 13.2 Å². The Morgan fingerprint density at radius 1 is 1.35 bits per heavy atom. The van der Waals surface area contributed by atoms with Crippen LogP contribution in [0.25, 0.3) is 0 Å². The fourth-order valence-electron chi connectivity index (χ4n) is 2.00. The molecule has 1 unspecified atom stereocenters. The Kier molecular flexibility index (Phi) is 4.44. The molecule has 1 aromatic heterocycles. The number of H-pyrrole nitrogens is 1. The topological polar surface area (TPSA) is 40.7 Å². The van der Waals surface area contributed by atoms with Crippen molar-refractivity contribution in [2.45, 2.75) is 32.1 Å². The first kappa shape index (κ1) is 14.6. The first-order valence-electron chi connectivity index (χ1n) is 6.39. The summed E-state index contributed by atoms with van der Waals surface area (Å²) in [5.41, 5.74) is -0.0207. The van der Waals surface area contributed by atoms with Gasteiger partial charge in [-0.1, -0.05) is 25.1 Å². The monoisotopic (exact) mass is 283 g/mol. The number of rotatable bonds is 5. The van der Waals surface area contributed by atoms with Crippen LogP contribution >= 0.6 is 0 Å². The molecule has 0 aliphatic rings. The van der Waals surface area contributed by atoms with Crippen molar-refractivity contribution in [1.29, 1.82) is 0 Å². The third-order valence-electron chi connectivity index (χ3n) is 3.06. The molecule has 0 aliphatic heterocycles. The fraction of sp³-hybridized carbons (Fsp3) is 0.357. The molecule has 0 amide bonds. The normalized spacial score (nSPS) is 13.4. The molecule has 0 saturated carbocycles. The smallest absolute Gasteiger partial charge is 0.347 e. The Bertz CT molecular complexity index is 535. The molecule has 108 valence electrons. The first-order valence-corrected chi connectivity index (χ1v) is 6.39. The number of hydrogen-bond donors (Lipinski definition) is 2.